The van der Waals surface area contributed by atoms with E-state index < -0.39 is 42.2 Å². The fraction of sp³-hybridized carbons (Fsp3) is 0.429. The summed E-state index contributed by atoms with van der Waals surface area (Å²) in [5.74, 6) is 0. The van der Waals surface area contributed by atoms with Gasteiger partial charge in [0, 0.05) is 17.0 Å². The number of benzene rings is 2. The third kappa shape index (κ3) is 2.72. The molecule has 2 aliphatic rings. The van der Waals surface area contributed by atoms with Gasteiger partial charge in [-0.25, -0.2) is 0 Å². The van der Waals surface area contributed by atoms with Crippen molar-refractivity contribution in [1.29, 1.82) is 0 Å². The summed E-state index contributed by atoms with van der Waals surface area (Å²) in [5.41, 5.74) is -0.553. The highest BCUT2D eigenvalue weighted by molar-refractivity contribution is 6.31. The first-order valence-corrected chi connectivity index (χ1v) is 9.53. The van der Waals surface area contributed by atoms with Gasteiger partial charge in [-0.05, 0) is 30.2 Å². The van der Waals surface area contributed by atoms with Gasteiger partial charge in [0.2, 0.25) is 0 Å². The molecule has 0 saturated carbocycles. The van der Waals surface area contributed by atoms with Gasteiger partial charge in [0.05, 0.1) is 6.61 Å². The number of fused-ring (bicyclic) bond motifs is 3. The average Bonchev–Trinajstić information content (AvgIpc) is 2.69. The largest absolute Gasteiger partial charge is 0.394 e. The summed E-state index contributed by atoms with van der Waals surface area (Å²) in [6.07, 6.45) is -5.77. The molecule has 1 spiro atoms. The predicted molar refractivity (Wildman–Crippen MR) is 102 cm³/mol. The van der Waals surface area contributed by atoms with Crippen molar-refractivity contribution in [3.63, 3.8) is 0 Å². The Morgan fingerprint density at radius 1 is 1.04 bits per heavy atom. The molecule has 2 aromatic carbocycles. The Labute approximate surface area is 167 Å². The first-order chi connectivity index (χ1) is 13.2. The normalized spacial score (nSPS) is 37.2. The van der Waals surface area contributed by atoms with E-state index in [1.807, 2.05) is 19.1 Å². The molecule has 2 bridgehead atoms. The van der Waals surface area contributed by atoms with Crippen LogP contribution in [0.4, 0.5) is 0 Å². The van der Waals surface area contributed by atoms with Crippen molar-refractivity contribution in [2.24, 2.45) is 0 Å². The molecule has 1 heterocycles. The SMILES string of the molecule is Cc1ccc(C2(O)CC3(OC(CO)C(O)C(O)C3O)c3ccc(Cl)c2c3)cc1. The maximum atomic E-state index is 11.7. The Kier molecular flexibility index (Phi) is 4.79. The molecule has 1 saturated heterocycles. The molecule has 6 unspecified atom stereocenters. The first-order valence-electron chi connectivity index (χ1n) is 9.16. The lowest BCUT2D eigenvalue weighted by Crippen LogP contribution is -2.65. The summed E-state index contributed by atoms with van der Waals surface area (Å²) in [5, 5.41) is 53.2. The molecule has 7 heteroatoms. The van der Waals surface area contributed by atoms with Gasteiger partial charge in [-0.15, -0.1) is 0 Å². The van der Waals surface area contributed by atoms with Crippen LogP contribution in [0.2, 0.25) is 5.02 Å². The molecule has 4 rings (SSSR count). The molecular formula is C21H23ClO6. The van der Waals surface area contributed by atoms with Crippen LogP contribution in [0, 0.1) is 6.92 Å². The molecule has 0 amide bonds. The summed E-state index contributed by atoms with van der Waals surface area (Å²) in [6.45, 7) is 1.39. The molecule has 6 nitrogen and oxygen atoms in total. The second-order valence-electron chi connectivity index (χ2n) is 7.75. The zero-order valence-corrected chi connectivity index (χ0v) is 16.0. The van der Waals surface area contributed by atoms with Crippen LogP contribution < -0.4 is 0 Å². The fourth-order valence-corrected chi connectivity index (χ4v) is 4.67. The van der Waals surface area contributed by atoms with E-state index in [1.165, 1.54) is 0 Å². The molecule has 0 aromatic heterocycles. The molecule has 1 aliphatic heterocycles. The number of aliphatic hydroxyl groups is 5. The van der Waals surface area contributed by atoms with E-state index in [4.69, 9.17) is 16.3 Å². The lowest BCUT2D eigenvalue weighted by atomic mass is 9.65. The van der Waals surface area contributed by atoms with Crippen molar-refractivity contribution in [3.05, 3.63) is 69.7 Å². The number of hydrogen-bond donors (Lipinski definition) is 5. The summed E-state index contributed by atoms with van der Waals surface area (Å²) in [4.78, 5) is 0. The van der Waals surface area contributed by atoms with Crippen LogP contribution in [-0.2, 0) is 15.9 Å². The van der Waals surface area contributed by atoms with E-state index in [-0.39, 0.29) is 6.42 Å². The zero-order valence-electron chi connectivity index (χ0n) is 15.3. The number of aliphatic hydroxyl groups excluding tert-OH is 4. The van der Waals surface area contributed by atoms with E-state index >= 15 is 0 Å². The molecule has 1 aliphatic carbocycles. The third-order valence-corrected chi connectivity index (χ3v) is 6.35. The van der Waals surface area contributed by atoms with Crippen molar-refractivity contribution in [1.82, 2.24) is 0 Å². The van der Waals surface area contributed by atoms with Crippen LogP contribution in [0.25, 0.3) is 0 Å². The molecule has 28 heavy (non-hydrogen) atoms. The smallest absolute Gasteiger partial charge is 0.126 e. The van der Waals surface area contributed by atoms with Crippen LogP contribution >= 0.6 is 11.6 Å². The second kappa shape index (κ2) is 6.78. The van der Waals surface area contributed by atoms with Crippen LogP contribution in [-0.4, -0.2) is 56.6 Å². The minimum Gasteiger partial charge on any atom is -0.394 e. The van der Waals surface area contributed by atoms with Crippen LogP contribution in [0.5, 0.6) is 0 Å². The van der Waals surface area contributed by atoms with Gasteiger partial charge >= 0.3 is 0 Å². The van der Waals surface area contributed by atoms with Gasteiger partial charge in [0.15, 0.2) is 0 Å². The van der Waals surface area contributed by atoms with Gasteiger partial charge in [0.1, 0.15) is 35.6 Å². The molecule has 6 atom stereocenters. The highest BCUT2D eigenvalue weighted by atomic mass is 35.5. The summed E-state index contributed by atoms with van der Waals surface area (Å²) in [6, 6.07) is 12.2. The van der Waals surface area contributed by atoms with Crippen molar-refractivity contribution in [3.8, 4) is 0 Å². The maximum Gasteiger partial charge on any atom is 0.126 e. The van der Waals surface area contributed by atoms with E-state index in [0.29, 0.717) is 21.7 Å². The monoisotopic (exact) mass is 406 g/mol. The standard InChI is InChI=1S/C21H23ClO6/c1-11-2-4-12(5-3-11)20(27)10-21(13-6-7-15(22)14(20)8-13)19(26)18(25)17(24)16(9-23)28-21/h2-8,16-19,23-27H,9-10H2,1H3. The Morgan fingerprint density at radius 3 is 2.32 bits per heavy atom. The topological polar surface area (TPSA) is 110 Å². The highest BCUT2D eigenvalue weighted by Crippen LogP contribution is 2.53. The maximum absolute atomic E-state index is 11.7. The van der Waals surface area contributed by atoms with Crippen molar-refractivity contribution in [2.75, 3.05) is 6.61 Å². The fourth-order valence-electron chi connectivity index (χ4n) is 4.39. The number of ether oxygens (including phenoxy) is 1. The predicted octanol–water partition coefficient (Wildman–Crippen LogP) is 0.957. The minimum absolute atomic E-state index is 0.133. The average molecular weight is 407 g/mol. The van der Waals surface area contributed by atoms with Crippen LogP contribution in [0.15, 0.2) is 42.5 Å². The van der Waals surface area contributed by atoms with Gasteiger partial charge in [-0.2, -0.15) is 0 Å². The van der Waals surface area contributed by atoms with E-state index in [2.05, 4.69) is 0 Å². The third-order valence-electron chi connectivity index (χ3n) is 6.02. The summed E-state index contributed by atoms with van der Waals surface area (Å²) in [7, 11) is 0. The lowest BCUT2D eigenvalue weighted by Gasteiger charge is -2.53. The van der Waals surface area contributed by atoms with Crippen molar-refractivity contribution >= 4 is 11.6 Å². The Hall–Kier alpha value is -1.51. The van der Waals surface area contributed by atoms with E-state index in [9.17, 15) is 25.5 Å². The van der Waals surface area contributed by atoms with Crippen molar-refractivity contribution in [2.45, 2.75) is 49.0 Å². The molecule has 1 fully saturated rings. The quantitative estimate of drug-likeness (QED) is 0.508. The van der Waals surface area contributed by atoms with E-state index in [1.54, 1.807) is 30.3 Å². The Bertz CT molecular complexity index is 885. The molecular weight excluding hydrogens is 384 g/mol. The van der Waals surface area contributed by atoms with E-state index in [0.717, 1.165) is 5.56 Å². The molecule has 150 valence electrons. The first kappa shape index (κ1) is 19.8. The number of aryl methyl sites for hydroxylation is 1. The molecule has 5 N–H and O–H groups in total. The highest BCUT2D eigenvalue weighted by Gasteiger charge is 2.59. The zero-order chi connectivity index (χ0) is 20.3. The van der Waals surface area contributed by atoms with Gasteiger partial charge in [0.25, 0.3) is 0 Å². The Morgan fingerprint density at radius 2 is 1.68 bits per heavy atom. The lowest BCUT2D eigenvalue weighted by molar-refractivity contribution is -0.292. The van der Waals surface area contributed by atoms with Gasteiger partial charge < -0.3 is 30.3 Å². The molecule has 0 radical (unpaired) electrons. The minimum atomic E-state index is -1.60. The molecule has 2 aromatic rings. The number of hydrogen-bond acceptors (Lipinski definition) is 6. The summed E-state index contributed by atoms with van der Waals surface area (Å²) < 4.78 is 5.97. The van der Waals surface area contributed by atoms with Gasteiger partial charge in [-0.3, -0.25) is 0 Å². The second-order valence-corrected chi connectivity index (χ2v) is 8.16. The summed E-state index contributed by atoms with van der Waals surface area (Å²) >= 11 is 6.37. The van der Waals surface area contributed by atoms with Crippen molar-refractivity contribution < 1.29 is 30.3 Å². The van der Waals surface area contributed by atoms with Gasteiger partial charge in [-0.1, -0.05) is 47.5 Å². The van der Waals surface area contributed by atoms with Crippen LogP contribution in [0.3, 0.4) is 0 Å². The van der Waals surface area contributed by atoms with Crippen LogP contribution in [0.1, 0.15) is 28.7 Å². The Balaban J connectivity index is 1.91. The number of rotatable bonds is 2. The number of halogens is 1.